The van der Waals surface area contributed by atoms with E-state index in [0.717, 1.165) is 11.3 Å². The Balaban J connectivity index is 1.69. The van der Waals surface area contributed by atoms with Crippen LogP contribution in [0.3, 0.4) is 0 Å². The summed E-state index contributed by atoms with van der Waals surface area (Å²) in [5, 5.41) is 2.40. The van der Waals surface area contributed by atoms with E-state index in [4.69, 9.17) is 14.5 Å². The number of amides is 3. The third-order valence-electron chi connectivity index (χ3n) is 5.68. The number of hydrogen-bond acceptors (Lipinski definition) is 7. The van der Waals surface area contributed by atoms with Gasteiger partial charge in [0.05, 0.1) is 25.6 Å². The van der Waals surface area contributed by atoms with Gasteiger partial charge in [0.1, 0.15) is 11.5 Å². The Morgan fingerprint density at radius 1 is 1.03 bits per heavy atom. The van der Waals surface area contributed by atoms with Crippen LogP contribution in [0.1, 0.15) is 5.56 Å². The molecule has 0 aliphatic carbocycles. The Hall–Kier alpha value is -4.01. The van der Waals surface area contributed by atoms with Gasteiger partial charge < -0.3 is 14.4 Å². The van der Waals surface area contributed by atoms with Crippen LogP contribution in [0.15, 0.2) is 59.7 Å². The number of aliphatic imine (C=N–C) groups is 1. The molecular weight excluding hydrogens is 398 g/mol. The van der Waals surface area contributed by atoms with E-state index in [1.165, 1.54) is 4.90 Å². The zero-order chi connectivity index (χ0) is 21.7. The average molecular weight is 419 g/mol. The first-order valence-corrected chi connectivity index (χ1v) is 9.76. The van der Waals surface area contributed by atoms with Crippen LogP contribution in [-0.4, -0.2) is 61.2 Å². The summed E-state index contributed by atoms with van der Waals surface area (Å²) in [6, 6.07) is 14.2. The second kappa shape index (κ2) is 7.05. The fourth-order valence-corrected chi connectivity index (χ4v) is 4.10. The predicted octanol–water partition coefficient (Wildman–Crippen LogP) is 2.07. The molecule has 5 rings (SSSR count). The van der Waals surface area contributed by atoms with Crippen molar-refractivity contribution in [1.29, 1.82) is 0 Å². The van der Waals surface area contributed by atoms with Crippen molar-refractivity contribution in [1.82, 2.24) is 15.1 Å². The van der Waals surface area contributed by atoms with Crippen molar-refractivity contribution >= 4 is 29.3 Å². The van der Waals surface area contributed by atoms with Crippen LogP contribution >= 0.6 is 0 Å². The number of fused-ring (bicyclic) bond motifs is 3. The SMILES string of the molecule is COc1ccc(OC)c(N2C(c3ccccc3)=CN3C2=NC2C3C(=O)NC(=O)N2C)c1. The molecule has 1 saturated heterocycles. The monoisotopic (exact) mass is 419 g/mol. The number of carbonyl (C=O) groups excluding carboxylic acids is 2. The standard InChI is InChI=1S/C22H21N5O4/c1-25-19-18(20(28)24-22(25)29)26-12-16(13-7-5-4-6-8-13)27(21(26)23-19)15-11-14(30-2)9-10-17(15)31-3/h4-12,18-19H,1-3H3,(H,24,28,29). The maximum absolute atomic E-state index is 12.7. The summed E-state index contributed by atoms with van der Waals surface area (Å²) in [6.07, 6.45) is 1.27. The first-order chi connectivity index (χ1) is 15.0. The lowest BCUT2D eigenvalue weighted by molar-refractivity contribution is -0.126. The van der Waals surface area contributed by atoms with Gasteiger partial charge in [-0.3, -0.25) is 19.9 Å². The number of likely N-dealkylation sites (N-methyl/N-ethyl adjacent to an activating group) is 1. The van der Waals surface area contributed by atoms with E-state index >= 15 is 0 Å². The Kier molecular flexibility index (Phi) is 4.32. The number of methoxy groups -OCH3 is 2. The Labute approximate surface area is 179 Å². The lowest BCUT2D eigenvalue weighted by Crippen LogP contribution is -2.62. The molecule has 2 unspecified atom stereocenters. The summed E-state index contributed by atoms with van der Waals surface area (Å²) in [5.41, 5.74) is 2.49. The molecule has 1 N–H and O–H groups in total. The van der Waals surface area contributed by atoms with Gasteiger partial charge in [-0.25, -0.2) is 9.79 Å². The number of anilines is 1. The lowest BCUT2D eigenvalue weighted by atomic mass is 10.1. The molecule has 0 bridgehead atoms. The minimum atomic E-state index is -0.655. The van der Waals surface area contributed by atoms with Crippen molar-refractivity contribution < 1.29 is 19.1 Å². The first-order valence-electron chi connectivity index (χ1n) is 9.76. The van der Waals surface area contributed by atoms with Gasteiger partial charge in [-0.1, -0.05) is 30.3 Å². The van der Waals surface area contributed by atoms with Crippen molar-refractivity contribution in [2.45, 2.75) is 12.2 Å². The molecule has 3 aliphatic heterocycles. The second-order valence-electron chi connectivity index (χ2n) is 7.35. The van der Waals surface area contributed by atoms with E-state index in [2.05, 4.69) is 5.32 Å². The van der Waals surface area contributed by atoms with Gasteiger partial charge in [0.25, 0.3) is 5.91 Å². The van der Waals surface area contributed by atoms with E-state index in [9.17, 15) is 9.59 Å². The van der Waals surface area contributed by atoms with Crippen molar-refractivity contribution in [2.24, 2.45) is 4.99 Å². The van der Waals surface area contributed by atoms with Gasteiger partial charge in [0, 0.05) is 24.9 Å². The van der Waals surface area contributed by atoms with Gasteiger partial charge in [0.15, 0.2) is 12.2 Å². The number of guanidine groups is 1. The molecule has 2 aromatic carbocycles. The highest BCUT2D eigenvalue weighted by atomic mass is 16.5. The van der Waals surface area contributed by atoms with Gasteiger partial charge in [-0.2, -0.15) is 0 Å². The molecule has 2 aromatic rings. The van der Waals surface area contributed by atoms with Gasteiger partial charge in [-0.05, 0) is 12.1 Å². The molecule has 2 atom stereocenters. The fraction of sp³-hybridized carbons (Fsp3) is 0.227. The van der Waals surface area contributed by atoms with Crippen molar-refractivity contribution in [3.63, 3.8) is 0 Å². The molecule has 9 nitrogen and oxygen atoms in total. The summed E-state index contributed by atoms with van der Waals surface area (Å²) >= 11 is 0. The zero-order valence-electron chi connectivity index (χ0n) is 17.3. The molecule has 3 amide bonds. The number of urea groups is 1. The molecule has 3 heterocycles. The predicted molar refractivity (Wildman–Crippen MR) is 115 cm³/mol. The minimum absolute atomic E-state index is 0.380. The molecule has 0 spiro atoms. The maximum Gasteiger partial charge on any atom is 0.325 e. The number of nitrogens with one attached hydrogen (secondary N) is 1. The number of benzene rings is 2. The van der Waals surface area contributed by atoms with Crippen LogP contribution in [0.25, 0.3) is 5.70 Å². The smallest absolute Gasteiger partial charge is 0.325 e. The summed E-state index contributed by atoms with van der Waals surface area (Å²) in [5.74, 6) is 1.44. The van der Waals surface area contributed by atoms with Crippen molar-refractivity contribution in [2.75, 3.05) is 26.2 Å². The normalized spacial score (nSPS) is 22.0. The summed E-state index contributed by atoms with van der Waals surface area (Å²) in [6.45, 7) is 0. The molecule has 1 fully saturated rings. The number of nitrogens with zero attached hydrogens (tertiary/aromatic N) is 4. The van der Waals surface area contributed by atoms with E-state index in [-0.39, 0.29) is 5.91 Å². The zero-order valence-corrected chi connectivity index (χ0v) is 17.3. The topological polar surface area (TPSA) is 86.7 Å². The summed E-state index contributed by atoms with van der Waals surface area (Å²) in [7, 11) is 4.83. The molecule has 3 aliphatic rings. The maximum atomic E-state index is 12.7. The molecule has 158 valence electrons. The Bertz CT molecular complexity index is 1130. The number of carbonyl (C=O) groups is 2. The number of ether oxygens (including phenoxy) is 2. The average Bonchev–Trinajstić information content (AvgIpc) is 3.34. The largest absolute Gasteiger partial charge is 0.497 e. The highest BCUT2D eigenvalue weighted by Gasteiger charge is 2.52. The van der Waals surface area contributed by atoms with Crippen LogP contribution in [0.5, 0.6) is 11.5 Å². The van der Waals surface area contributed by atoms with Gasteiger partial charge in [0.2, 0.25) is 5.96 Å². The molecule has 31 heavy (non-hydrogen) atoms. The highest BCUT2D eigenvalue weighted by Crippen LogP contribution is 2.43. The van der Waals surface area contributed by atoms with E-state index in [1.807, 2.05) is 64.5 Å². The van der Waals surface area contributed by atoms with Crippen molar-refractivity contribution in [3.05, 3.63) is 60.3 Å². The van der Waals surface area contributed by atoms with E-state index < -0.39 is 18.2 Å². The molecule has 0 radical (unpaired) electrons. The Morgan fingerprint density at radius 3 is 2.52 bits per heavy atom. The van der Waals surface area contributed by atoms with Crippen LogP contribution in [-0.2, 0) is 4.79 Å². The molecule has 9 heteroatoms. The summed E-state index contributed by atoms with van der Waals surface area (Å²) in [4.78, 5) is 34.8. The van der Waals surface area contributed by atoms with Gasteiger partial charge >= 0.3 is 6.03 Å². The number of hydrogen-bond donors (Lipinski definition) is 1. The first kappa shape index (κ1) is 19.0. The number of rotatable bonds is 4. The van der Waals surface area contributed by atoms with Crippen LogP contribution in [0, 0.1) is 0 Å². The highest BCUT2D eigenvalue weighted by molar-refractivity contribution is 6.16. The van der Waals surface area contributed by atoms with E-state index in [0.29, 0.717) is 23.1 Å². The summed E-state index contributed by atoms with van der Waals surface area (Å²) < 4.78 is 11.1. The third kappa shape index (κ3) is 2.81. The van der Waals surface area contributed by atoms with Crippen molar-refractivity contribution in [3.8, 4) is 11.5 Å². The molecule has 0 aromatic heterocycles. The van der Waals surface area contributed by atoms with Crippen LogP contribution < -0.4 is 19.7 Å². The van der Waals surface area contributed by atoms with E-state index in [1.54, 1.807) is 21.3 Å². The minimum Gasteiger partial charge on any atom is -0.497 e. The lowest BCUT2D eigenvalue weighted by Gasteiger charge is -2.34. The van der Waals surface area contributed by atoms with Gasteiger partial charge in [-0.15, -0.1) is 0 Å². The quantitative estimate of drug-likeness (QED) is 0.817. The Morgan fingerprint density at radius 2 is 1.81 bits per heavy atom. The molecular formula is C22H21N5O4. The number of imide groups is 1. The third-order valence-corrected chi connectivity index (χ3v) is 5.68. The van der Waals surface area contributed by atoms with Crippen LogP contribution in [0.2, 0.25) is 0 Å². The molecule has 0 saturated carbocycles. The fourth-order valence-electron chi connectivity index (χ4n) is 4.10. The van der Waals surface area contributed by atoms with Crippen LogP contribution in [0.4, 0.5) is 10.5 Å². The second-order valence-corrected chi connectivity index (χ2v) is 7.35.